The standard InChI is InChI=1S/C18H23Cl2NO2.ClH/c19-15-4-3-5-16(20)14(15)9-11-23-18-7-2-1-6-17(18)21-10-8-13(22)12-21;/h3-5,17-18H,1-2,6-12H2;1H/t17-,18-;/m0./s1. The highest BCUT2D eigenvalue weighted by atomic mass is 35.5. The van der Waals surface area contributed by atoms with E-state index >= 15 is 0 Å². The van der Waals surface area contributed by atoms with Gasteiger partial charge in [-0.05, 0) is 37.0 Å². The molecule has 1 aliphatic carbocycles. The summed E-state index contributed by atoms with van der Waals surface area (Å²) in [6.45, 7) is 2.10. The van der Waals surface area contributed by atoms with Gasteiger partial charge in [0, 0.05) is 29.1 Å². The van der Waals surface area contributed by atoms with Gasteiger partial charge in [0.25, 0.3) is 0 Å². The van der Waals surface area contributed by atoms with Crippen molar-refractivity contribution < 1.29 is 9.53 Å². The molecule has 0 spiro atoms. The van der Waals surface area contributed by atoms with Gasteiger partial charge in [0.15, 0.2) is 0 Å². The molecular formula is C18H24Cl3NO2. The van der Waals surface area contributed by atoms with Crippen LogP contribution in [0, 0.1) is 0 Å². The second kappa shape index (κ2) is 9.40. The molecule has 1 aromatic rings. The average Bonchev–Trinajstić information content (AvgIpc) is 2.97. The minimum absolute atomic E-state index is 0. The van der Waals surface area contributed by atoms with Gasteiger partial charge in [0.05, 0.1) is 19.3 Å². The molecule has 2 fully saturated rings. The van der Waals surface area contributed by atoms with Crippen LogP contribution in [0.25, 0.3) is 0 Å². The van der Waals surface area contributed by atoms with Crippen molar-refractivity contribution in [2.24, 2.45) is 0 Å². The number of halogens is 3. The predicted molar refractivity (Wildman–Crippen MR) is 101 cm³/mol. The first-order valence-electron chi connectivity index (χ1n) is 8.45. The Labute approximate surface area is 160 Å². The van der Waals surface area contributed by atoms with Crippen LogP contribution >= 0.6 is 35.6 Å². The van der Waals surface area contributed by atoms with Crippen LogP contribution in [-0.2, 0) is 16.0 Å². The minimum atomic E-state index is 0. The maximum absolute atomic E-state index is 11.6. The van der Waals surface area contributed by atoms with Crippen molar-refractivity contribution >= 4 is 41.4 Å². The van der Waals surface area contributed by atoms with Crippen LogP contribution in [0.1, 0.15) is 37.7 Å². The fourth-order valence-corrected chi connectivity index (χ4v) is 4.30. The van der Waals surface area contributed by atoms with Crippen LogP contribution in [0.5, 0.6) is 0 Å². The number of likely N-dealkylation sites (tertiary alicyclic amines) is 1. The monoisotopic (exact) mass is 391 g/mol. The third-order valence-electron chi connectivity index (χ3n) is 4.94. The summed E-state index contributed by atoms with van der Waals surface area (Å²) in [5.74, 6) is 0.358. The Bertz CT molecular complexity index is 547. The molecule has 2 aliphatic rings. The van der Waals surface area contributed by atoms with Crippen LogP contribution in [0.2, 0.25) is 10.0 Å². The first kappa shape index (κ1) is 20.0. The number of benzene rings is 1. The van der Waals surface area contributed by atoms with E-state index in [9.17, 15) is 4.79 Å². The zero-order chi connectivity index (χ0) is 16.2. The molecule has 0 radical (unpaired) electrons. The van der Waals surface area contributed by atoms with E-state index in [1.54, 1.807) is 0 Å². The summed E-state index contributed by atoms with van der Waals surface area (Å²) >= 11 is 12.4. The second-order valence-electron chi connectivity index (χ2n) is 6.47. The van der Waals surface area contributed by atoms with Gasteiger partial charge in [-0.2, -0.15) is 0 Å². The maximum atomic E-state index is 11.6. The maximum Gasteiger partial charge on any atom is 0.148 e. The zero-order valence-electron chi connectivity index (χ0n) is 13.7. The SMILES string of the molecule is Cl.O=C1CCN([C@H]2CCCC[C@@H]2OCCc2c(Cl)cccc2Cl)C1. The van der Waals surface area contributed by atoms with Gasteiger partial charge in [0.2, 0.25) is 0 Å². The van der Waals surface area contributed by atoms with E-state index in [1.807, 2.05) is 18.2 Å². The van der Waals surface area contributed by atoms with E-state index in [4.69, 9.17) is 27.9 Å². The molecule has 0 bridgehead atoms. The topological polar surface area (TPSA) is 29.5 Å². The summed E-state index contributed by atoms with van der Waals surface area (Å²) in [4.78, 5) is 13.9. The Balaban J connectivity index is 0.00000208. The molecule has 0 unspecified atom stereocenters. The molecule has 1 heterocycles. The average molecular weight is 393 g/mol. The number of hydrogen-bond acceptors (Lipinski definition) is 3. The molecule has 1 saturated heterocycles. The minimum Gasteiger partial charge on any atom is -0.376 e. The van der Waals surface area contributed by atoms with Crippen molar-refractivity contribution in [3.63, 3.8) is 0 Å². The highest BCUT2D eigenvalue weighted by Gasteiger charge is 2.34. The highest BCUT2D eigenvalue weighted by molar-refractivity contribution is 6.35. The van der Waals surface area contributed by atoms with Crippen LogP contribution in [0.15, 0.2) is 18.2 Å². The summed E-state index contributed by atoms with van der Waals surface area (Å²) in [6.07, 6.45) is 6.27. The lowest BCUT2D eigenvalue weighted by atomic mass is 9.91. The molecule has 2 atom stereocenters. The van der Waals surface area contributed by atoms with E-state index in [-0.39, 0.29) is 18.5 Å². The highest BCUT2D eigenvalue weighted by Crippen LogP contribution is 2.29. The fraction of sp³-hybridized carbons (Fsp3) is 0.611. The number of ether oxygens (including phenoxy) is 1. The summed E-state index contributed by atoms with van der Waals surface area (Å²) in [5, 5.41) is 1.40. The Morgan fingerprint density at radius 2 is 1.88 bits per heavy atom. The lowest BCUT2D eigenvalue weighted by Crippen LogP contribution is -2.45. The molecule has 0 N–H and O–H groups in total. The zero-order valence-corrected chi connectivity index (χ0v) is 16.0. The van der Waals surface area contributed by atoms with E-state index in [0.717, 1.165) is 31.4 Å². The number of hydrogen-bond donors (Lipinski definition) is 0. The van der Waals surface area contributed by atoms with Crippen LogP contribution < -0.4 is 0 Å². The molecule has 1 aliphatic heterocycles. The fourth-order valence-electron chi connectivity index (χ4n) is 3.71. The normalized spacial score (nSPS) is 24.8. The van der Waals surface area contributed by atoms with E-state index in [2.05, 4.69) is 4.90 Å². The van der Waals surface area contributed by atoms with Crippen LogP contribution in [0.3, 0.4) is 0 Å². The van der Waals surface area contributed by atoms with Gasteiger partial charge in [-0.3, -0.25) is 9.69 Å². The Morgan fingerprint density at radius 3 is 2.54 bits per heavy atom. The molecule has 0 aromatic heterocycles. The van der Waals surface area contributed by atoms with Gasteiger partial charge in [-0.15, -0.1) is 12.4 Å². The van der Waals surface area contributed by atoms with Gasteiger partial charge in [0.1, 0.15) is 5.78 Å². The first-order valence-corrected chi connectivity index (χ1v) is 9.21. The largest absolute Gasteiger partial charge is 0.376 e. The molecule has 3 rings (SSSR count). The number of ketones is 1. The molecule has 6 heteroatoms. The van der Waals surface area contributed by atoms with Crippen molar-refractivity contribution in [3.8, 4) is 0 Å². The molecule has 1 aromatic carbocycles. The summed E-state index contributed by atoms with van der Waals surface area (Å²) < 4.78 is 6.19. The number of carbonyl (C=O) groups is 1. The Hall–Kier alpha value is -0.320. The van der Waals surface area contributed by atoms with Crippen LogP contribution in [-0.4, -0.2) is 42.5 Å². The Morgan fingerprint density at radius 1 is 1.17 bits per heavy atom. The summed E-state index contributed by atoms with van der Waals surface area (Å²) in [6, 6.07) is 5.97. The third kappa shape index (κ3) is 4.86. The van der Waals surface area contributed by atoms with Gasteiger partial charge in [-0.1, -0.05) is 42.1 Å². The Kier molecular flexibility index (Phi) is 7.83. The van der Waals surface area contributed by atoms with E-state index in [1.165, 1.54) is 12.8 Å². The van der Waals surface area contributed by atoms with Gasteiger partial charge >= 0.3 is 0 Å². The lowest BCUT2D eigenvalue weighted by Gasteiger charge is -2.37. The van der Waals surface area contributed by atoms with Gasteiger partial charge < -0.3 is 4.74 Å². The number of Topliss-reactive ketones (excluding diaryl/α,β-unsaturated/α-hetero) is 1. The molecule has 1 saturated carbocycles. The van der Waals surface area contributed by atoms with Crippen LogP contribution in [0.4, 0.5) is 0 Å². The smallest absolute Gasteiger partial charge is 0.148 e. The second-order valence-corrected chi connectivity index (χ2v) is 7.28. The number of nitrogens with zero attached hydrogens (tertiary/aromatic N) is 1. The third-order valence-corrected chi connectivity index (χ3v) is 5.65. The van der Waals surface area contributed by atoms with Crippen molar-refractivity contribution in [1.29, 1.82) is 0 Å². The predicted octanol–water partition coefficient (Wildman–Crippen LogP) is 4.56. The molecular weight excluding hydrogens is 369 g/mol. The van der Waals surface area contributed by atoms with E-state index in [0.29, 0.717) is 41.4 Å². The molecule has 3 nitrogen and oxygen atoms in total. The molecule has 134 valence electrons. The van der Waals surface area contributed by atoms with E-state index < -0.39 is 0 Å². The number of carbonyl (C=O) groups excluding carboxylic acids is 1. The molecule has 0 amide bonds. The lowest BCUT2D eigenvalue weighted by molar-refractivity contribution is -0.117. The van der Waals surface area contributed by atoms with Crippen molar-refractivity contribution in [2.75, 3.05) is 19.7 Å². The quantitative estimate of drug-likeness (QED) is 0.735. The molecule has 24 heavy (non-hydrogen) atoms. The number of rotatable bonds is 5. The first-order chi connectivity index (χ1) is 11.1. The van der Waals surface area contributed by atoms with Crippen molar-refractivity contribution in [1.82, 2.24) is 4.90 Å². The van der Waals surface area contributed by atoms with Crippen molar-refractivity contribution in [3.05, 3.63) is 33.8 Å². The van der Waals surface area contributed by atoms with Crippen molar-refractivity contribution in [2.45, 2.75) is 50.7 Å². The van der Waals surface area contributed by atoms with Gasteiger partial charge in [-0.25, -0.2) is 0 Å². The summed E-state index contributed by atoms with van der Waals surface area (Å²) in [5.41, 5.74) is 0.958. The summed E-state index contributed by atoms with van der Waals surface area (Å²) in [7, 11) is 0.